The molecule has 1 aliphatic rings. The van der Waals surface area contributed by atoms with E-state index in [-0.39, 0.29) is 0 Å². The van der Waals surface area contributed by atoms with E-state index >= 15 is 0 Å². The van der Waals surface area contributed by atoms with Gasteiger partial charge in [0.25, 0.3) is 0 Å². The average Bonchev–Trinajstić information content (AvgIpc) is 2.60. The molecule has 16 heavy (non-hydrogen) atoms. The number of hydrogen-bond donors (Lipinski definition) is 1. The maximum atomic E-state index is 5.61. The van der Waals surface area contributed by atoms with Crippen molar-refractivity contribution in [3.63, 3.8) is 0 Å². The van der Waals surface area contributed by atoms with Crippen LogP contribution < -0.4 is 5.32 Å². The molecule has 2 rings (SSSR count). The number of nitrogens with one attached hydrogen (secondary N) is 1. The van der Waals surface area contributed by atoms with Crippen LogP contribution in [0, 0.1) is 13.8 Å². The zero-order valence-corrected chi connectivity index (χ0v) is 10.1. The van der Waals surface area contributed by atoms with Gasteiger partial charge in [-0.25, -0.2) is 4.98 Å². The van der Waals surface area contributed by atoms with Gasteiger partial charge in [0.15, 0.2) is 0 Å². The van der Waals surface area contributed by atoms with Crippen LogP contribution >= 0.6 is 0 Å². The van der Waals surface area contributed by atoms with E-state index in [1.165, 1.54) is 19.3 Å². The molecule has 1 N–H and O–H groups in total. The van der Waals surface area contributed by atoms with E-state index in [0.717, 1.165) is 24.6 Å². The lowest BCUT2D eigenvalue weighted by atomic mass is 10.1. The Morgan fingerprint density at radius 3 is 2.94 bits per heavy atom. The van der Waals surface area contributed by atoms with Crippen molar-refractivity contribution in [3.8, 4) is 0 Å². The first-order valence-electron chi connectivity index (χ1n) is 6.00. The van der Waals surface area contributed by atoms with Crippen molar-refractivity contribution >= 4 is 0 Å². The molecule has 0 bridgehead atoms. The average molecular weight is 224 g/mol. The lowest BCUT2D eigenvalue weighted by Gasteiger charge is -2.22. The van der Waals surface area contributed by atoms with Crippen LogP contribution in [0.25, 0.3) is 0 Å². The molecule has 0 amide bonds. The zero-order valence-electron chi connectivity index (χ0n) is 10.1. The fraction of sp³-hybridized carbons (Fsp3) is 0.750. The van der Waals surface area contributed by atoms with Gasteiger partial charge in [0.1, 0.15) is 12.4 Å². The number of rotatable bonds is 4. The van der Waals surface area contributed by atoms with Gasteiger partial charge in [-0.05, 0) is 33.2 Å². The summed E-state index contributed by atoms with van der Waals surface area (Å²) in [7, 11) is 0. The first kappa shape index (κ1) is 11.6. The molecule has 0 saturated carbocycles. The Bertz CT molecular complexity index is 310. The maximum absolute atomic E-state index is 5.61. The second kappa shape index (κ2) is 5.46. The summed E-state index contributed by atoms with van der Waals surface area (Å²) >= 11 is 0. The number of aryl methyl sites for hydroxylation is 2. The van der Waals surface area contributed by atoms with Crippen LogP contribution in [0.4, 0.5) is 0 Å². The summed E-state index contributed by atoms with van der Waals surface area (Å²) in [5, 5.41) is 3.45. The maximum Gasteiger partial charge on any atom is 0.220 e. The van der Waals surface area contributed by atoms with Crippen molar-refractivity contribution in [2.75, 3.05) is 13.2 Å². The van der Waals surface area contributed by atoms with E-state index < -0.39 is 0 Å². The highest BCUT2D eigenvalue weighted by atomic mass is 16.5. The minimum Gasteiger partial charge on any atom is -0.443 e. The molecule has 0 aliphatic carbocycles. The number of nitrogens with zero attached hydrogens (tertiary/aromatic N) is 1. The molecular weight excluding hydrogens is 204 g/mol. The van der Waals surface area contributed by atoms with Gasteiger partial charge in [0.2, 0.25) is 5.89 Å². The molecule has 0 aromatic carbocycles. The highest BCUT2D eigenvalue weighted by Gasteiger charge is 2.13. The molecule has 1 aliphatic heterocycles. The third-order valence-corrected chi connectivity index (χ3v) is 3.03. The van der Waals surface area contributed by atoms with Gasteiger partial charge in [0.05, 0.1) is 12.3 Å². The molecular formula is C12H20N2O2. The van der Waals surface area contributed by atoms with Gasteiger partial charge in [0, 0.05) is 6.04 Å². The van der Waals surface area contributed by atoms with Gasteiger partial charge in [-0.2, -0.15) is 0 Å². The van der Waals surface area contributed by atoms with Gasteiger partial charge < -0.3 is 14.5 Å². The number of oxazole rings is 1. The summed E-state index contributed by atoms with van der Waals surface area (Å²) in [5.74, 6) is 1.57. The molecule has 0 spiro atoms. The molecule has 1 aromatic heterocycles. The van der Waals surface area contributed by atoms with Crippen LogP contribution in [0.5, 0.6) is 0 Å². The number of piperidine rings is 1. The molecule has 1 saturated heterocycles. The van der Waals surface area contributed by atoms with Crippen molar-refractivity contribution in [2.24, 2.45) is 0 Å². The first-order valence-corrected chi connectivity index (χ1v) is 6.00. The third kappa shape index (κ3) is 3.06. The zero-order chi connectivity index (χ0) is 11.4. The predicted molar refractivity (Wildman–Crippen MR) is 61.3 cm³/mol. The molecule has 1 atom stereocenters. The standard InChI is InChI=1S/C12H20N2O2/c1-9-10(2)16-12(14-9)8-15-7-11-5-3-4-6-13-11/h11,13H,3-8H2,1-2H3. The summed E-state index contributed by atoms with van der Waals surface area (Å²) in [4.78, 5) is 4.28. The number of ether oxygens (including phenoxy) is 1. The number of aromatic nitrogens is 1. The SMILES string of the molecule is Cc1nc(COCC2CCCCN2)oc1C. The quantitative estimate of drug-likeness (QED) is 0.849. The lowest BCUT2D eigenvalue weighted by Crippen LogP contribution is -2.37. The van der Waals surface area contributed by atoms with E-state index in [4.69, 9.17) is 9.15 Å². The monoisotopic (exact) mass is 224 g/mol. The van der Waals surface area contributed by atoms with E-state index in [0.29, 0.717) is 18.5 Å². The van der Waals surface area contributed by atoms with Crippen LogP contribution in [0.2, 0.25) is 0 Å². The molecule has 1 fully saturated rings. The summed E-state index contributed by atoms with van der Waals surface area (Å²) in [6, 6.07) is 0.505. The van der Waals surface area contributed by atoms with E-state index in [9.17, 15) is 0 Å². The highest BCUT2D eigenvalue weighted by Crippen LogP contribution is 2.11. The predicted octanol–water partition coefficient (Wildman–Crippen LogP) is 1.95. The van der Waals surface area contributed by atoms with Crippen molar-refractivity contribution in [2.45, 2.75) is 45.8 Å². The fourth-order valence-corrected chi connectivity index (χ4v) is 1.96. The second-order valence-corrected chi connectivity index (χ2v) is 4.41. The Morgan fingerprint density at radius 2 is 2.31 bits per heavy atom. The van der Waals surface area contributed by atoms with Crippen LogP contribution in [-0.4, -0.2) is 24.2 Å². The normalized spacial score (nSPS) is 21.2. The summed E-state index contributed by atoms with van der Waals surface area (Å²) in [5.41, 5.74) is 0.953. The molecule has 4 heteroatoms. The van der Waals surface area contributed by atoms with Gasteiger partial charge in [-0.3, -0.25) is 0 Å². The van der Waals surface area contributed by atoms with Crippen molar-refractivity contribution in [1.29, 1.82) is 0 Å². The largest absolute Gasteiger partial charge is 0.443 e. The van der Waals surface area contributed by atoms with E-state index in [2.05, 4.69) is 10.3 Å². The van der Waals surface area contributed by atoms with Crippen LogP contribution in [0.3, 0.4) is 0 Å². The van der Waals surface area contributed by atoms with E-state index in [1.54, 1.807) is 0 Å². The Hall–Kier alpha value is -0.870. The van der Waals surface area contributed by atoms with Gasteiger partial charge in [-0.15, -0.1) is 0 Å². The third-order valence-electron chi connectivity index (χ3n) is 3.03. The van der Waals surface area contributed by atoms with Gasteiger partial charge >= 0.3 is 0 Å². The molecule has 0 radical (unpaired) electrons. The van der Waals surface area contributed by atoms with Crippen molar-refractivity contribution in [3.05, 3.63) is 17.3 Å². The Morgan fingerprint density at radius 1 is 1.44 bits per heavy atom. The van der Waals surface area contributed by atoms with Crippen LogP contribution in [0.1, 0.15) is 36.6 Å². The van der Waals surface area contributed by atoms with Crippen LogP contribution in [-0.2, 0) is 11.3 Å². The first-order chi connectivity index (χ1) is 7.75. The molecule has 4 nitrogen and oxygen atoms in total. The van der Waals surface area contributed by atoms with Crippen molar-refractivity contribution in [1.82, 2.24) is 10.3 Å². The van der Waals surface area contributed by atoms with E-state index in [1.807, 2.05) is 13.8 Å². The fourth-order valence-electron chi connectivity index (χ4n) is 1.96. The highest BCUT2D eigenvalue weighted by molar-refractivity contribution is 5.04. The Labute approximate surface area is 96.4 Å². The molecule has 2 heterocycles. The smallest absolute Gasteiger partial charge is 0.220 e. The van der Waals surface area contributed by atoms with Gasteiger partial charge in [-0.1, -0.05) is 6.42 Å². The molecule has 90 valence electrons. The molecule has 1 aromatic rings. The van der Waals surface area contributed by atoms with Crippen molar-refractivity contribution < 1.29 is 9.15 Å². The summed E-state index contributed by atoms with van der Waals surface area (Å²) < 4.78 is 11.1. The molecule has 1 unspecified atom stereocenters. The summed E-state index contributed by atoms with van der Waals surface area (Å²) in [6.45, 7) is 6.22. The second-order valence-electron chi connectivity index (χ2n) is 4.41. The minimum atomic E-state index is 0.479. The van der Waals surface area contributed by atoms with Crippen LogP contribution in [0.15, 0.2) is 4.42 Å². The minimum absolute atomic E-state index is 0.479. The topological polar surface area (TPSA) is 47.3 Å². The Kier molecular flexibility index (Phi) is 3.96. The lowest BCUT2D eigenvalue weighted by molar-refractivity contribution is 0.0763. The summed E-state index contributed by atoms with van der Waals surface area (Å²) in [6.07, 6.45) is 3.80. The number of hydrogen-bond acceptors (Lipinski definition) is 4. The Balaban J connectivity index is 1.71.